The van der Waals surface area contributed by atoms with Crippen LogP contribution in [0.5, 0.6) is 0 Å². The molecule has 7 heteroatoms. The number of ether oxygens (including phenoxy) is 1. The van der Waals surface area contributed by atoms with Crippen molar-refractivity contribution in [2.75, 3.05) is 18.1 Å². The molecule has 0 fully saturated rings. The number of hydrogen-bond acceptors (Lipinski definition) is 5. The number of ketones is 1. The van der Waals surface area contributed by atoms with E-state index in [2.05, 4.69) is 28.2 Å². The first-order valence-electron chi connectivity index (χ1n) is 11.4. The molecular formula is C27H27BrClNO3S. The predicted molar refractivity (Wildman–Crippen MR) is 142 cm³/mol. The van der Waals surface area contributed by atoms with Crippen molar-refractivity contribution >= 4 is 51.0 Å². The Hall–Kier alpha value is -2.02. The SMILES string of the molecule is CCSCCOC(=O)C1=C(C)NC2=C(C(=O)C[C@H](c3ccc(Cl)cc3)C2)[C@H]1c1cccc(Br)c1. The van der Waals surface area contributed by atoms with E-state index in [9.17, 15) is 9.59 Å². The van der Waals surface area contributed by atoms with Crippen LogP contribution in [0, 0.1) is 0 Å². The lowest BCUT2D eigenvalue weighted by molar-refractivity contribution is -0.138. The highest BCUT2D eigenvalue weighted by Crippen LogP contribution is 2.46. The Balaban J connectivity index is 1.71. The molecule has 0 saturated heterocycles. The van der Waals surface area contributed by atoms with Gasteiger partial charge in [-0.2, -0.15) is 11.8 Å². The van der Waals surface area contributed by atoms with Crippen LogP contribution in [-0.2, 0) is 14.3 Å². The molecule has 1 aliphatic carbocycles. The molecule has 1 heterocycles. The van der Waals surface area contributed by atoms with E-state index in [0.717, 1.165) is 38.5 Å². The van der Waals surface area contributed by atoms with Gasteiger partial charge in [-0.3, -0.25) is 4.79 Å². The van der Waals surface area contributed by atoms with Crippen LogP contribution in [0.2, 0.25) is 5.02 Å². The highest BCUT2D eigenvalue weighted by Gasteiger charge is 2.41. The van der Waals surface area contributed by atoms with Gasteiger partial charge < -0.3 is 10.1 Å². The summed E-state index contributed by atoms with van der Waals surface area (Å²) in [4.78, 5) is 26.9. The molecule has 2 aliphatic rings. The Kier molecular flexibility index (Phi) is 8.22. The van der Waals surface area contributed by atoms with Crippen LogP contribution in [0.4, 0.5) is 0 Å². The third-order valence-corrected chi connectivity index (χ3v) is 7.84. The Labute approximate surface area is 218 Å². The number of carbonyl (C=O) groups is 2. The monoisotopic (exact) mass is 559 g/mol. The minimum atomic E-state index is -0.459. The van der Waals surface area contributed by atoms with Gasteiger partial charge in [0.05, 0.1) is 5.57 Å². The van der Waals surface area contributed by atoms with Crippen LogP contribution in [0.15, 0.2) is 75.5 Å². The van der Waals surface area contributed by atoms with Crippen LogP contribution < -0.4 is 5.32 Å². The Bertz CT molecular complexity index is 1160. The first-order valence-corrected chi connectivity index (χ1v) is 13.7. The van der Waals surface area contributed by atoms with Crippen molar-refractivity contribution in [1.29, 1.82) is 0 Å². The number of carbonyl (C=O) groups excluding carboxylic acids is 2. The van der Waals surface area contributed by atoms with Gasteiger partial charge >= 0.3 is 5.97 Å². The smallest absolute Gasteiger partial charge is 0.336 e. The molecule has 1 N–H and O–H groups in total. The normalized spacial score (nSPS) is 20.2. The molecule has 0 bridgehead atoms. The number of hydrogen-bond donors (Lipinski definition) is 1. The second kappa shape index (κ2) is 11.1. The minimum absolute atomic E-state index is 0.0537. The number of halogens is 2. The minimum Gasteiger partial charge on any atom is -0.461 e. The highest BCUT2D eigenvalue weighted by molar-refractivity contribution is 9.10. The van der Waals surface area contributed by atoms with Crippen molar-refractivity contribution in [3.8, 4) is 0 Å². The molecule has 178 valence electrons. The van der Waals surface area contributed by atoms with Crippen LogP contribution >= 0.6 is 39.3 Å². The number of dihydropyridines is 1. The van der Waals surface area contributed by atoms with Crippen molar-refractivity contribution in [2.45, 2.75) is 38.5 Å². The van der Waals surface area contributed by atoms with Crippen LogP contribution in [0.25, 0.3) is 0 Å². The van der Waals surface area contributed by atoms with E-state index in [1.807, 2.05) is 55.5 Å². The Morgan fingerprint density at radius 3 is 2.65 bits per heavy atom. The molecule has 2 atom stereocenters. The van der Waals surface area contributed by atoms with Crippen LogP contribution in [-0.4, -0.2) is 29.9 Å². The fraction of sp³-hybridized carbons (Fsp3) is 0.333. The molecule has 0 radical (unpaired) electrons. The number of esters is 1. The standard InChI is InChI=1S/C27H27BrClNO3S/c1-3-34-12-11-33-27(32)24-16(2)30-22-14-19(17-7-9-21(29)10-8-17)15-23(31)26(22)25(24)18-5-4-6-20(28)13-18/h4-10,13,19,25,30H,3,11-12,14-15H2,1-2H3/t19-,25+/m1/s1. The number of benzene rings is 2. The van der Waals surface area contributed by atoms with Crippen molar-refractivity contribution in [3.05, 3.63) is 91.7 Å². The number of Topliss-reactive ketones (excluding diaryl/α,β-unsaturated/α-hetero) is 1. The van der Waals surface area contributed by atoms with E-state index in [0.29, 0.717) is 35.6 Å². The summed E-state index contributed by atoms with van der Waals surface area (Å²) < 4.78 is 6.54. The van der Waals surface area contributed by atoms with E-state index < -0.39 is 5.92 Å². The van der Waals surface area contributed by atoms with Gasteiger partial charge in [-0.25, -0.2) is 4.79 Å². The lowest BCUT2D eigenvalue weighted by atomic mass is 9.72. The summed E-state index contributed by atoms with van der Waals surface area (Å²) in [6.07, 6.45) is 1.08. The Morgan fingerprint density at radius 2 is 1.94 bits per heavy atom. The summed E-state index contributed by atoms with van der Waals surface area (Å²) in [5.41, 5.74) is 4.79. The average molecular weight is 561 g/mol. The zero-order valence-corrected chi connectivity index (χ0v) is 22.4. The summed E-state index contributed by atoms with van der Waals surface area (Å²) in [5, 5.41) is 4.08. The van der Waals surface area contributed by atoms with Gasteiger partial charge in [0.25, 0.3) is 0 Å². The quantitative estimate of drug-likeness (QED) is 0.299. The molecule has 2 aromatic rings. The molecule has 34 heavy (non-hydrogen) atoms. The largest absolute Gasteiger partial charge is 0.461 e. The van der Waals surface area contributed by atoms with E-state index in [4.69, 9.17) is 16.3 Å². The van der Waals surface area contributed by atoms with E-state index in [1.54, 1.807) is 11.8 Å². The summed E-state index contributed by atoms with van der Waals surface area (Å²) in [7, 11) is 0. The molecule has 0 spiro atoms. The number of nitrogens with one attached hydrogen (secondary N) is 1. The van der Waals surface area contributed by atoms with Gasteiger partial charge in [-0.15, -0.1) is 0 Å². The van der Waals surface area contributed by atoms with Gasteiger partial charge in [0.2, 0.25) is 0 Å². The average Bonchev–Trinajstić information content (AvgIpc) is 2.81. The highest BCUT2D eigenvalue weighted by atomic mass is 79.9. The predicted octanol–water partition coefficient (Wildman–Crippen LogP) is 6.76. The Morgan fingerprint density at radius 1 is 1.18 bits per heavy atom. The molecule has 0 saturated carbocycles. The summed E-state index contributed by atoms with van der Waals surface area (Å²) in [6.45, 7) is 4.31. The fourth-order valence-electron chi connectivity index (χ4n) is 4.72. The van der Waals surface area contributed by atoms with Gasteiger partial charge in [-0.1, -0.05) is 58.7 Å². The molecule has 2 aromatic carbocycles. The second-order valence-electron chi connectivity index (χ2n) is 8.46. The zero-order valence-electron chi connectivity index (χ0n) is 19.2. The molecule has 0 amide bonds. The van der Waals surface area contributed by atoms with E-state index in [-0.39, 0.29) is 17.7 Å². The van der Waals surface area contributed by atoms with Crippen molar-refractivity contribution in [1.82, 2.24) is 5.32 Å². The van der Waals surface area contributed by atoms with Crippen molar-refractivity contribution in [2.24, 2.45) is 0 Å². The molecule has 4 rings (SSSR count). The third kappa shape index (κ3) is 5.45. The molecule has 1 aliphatic heterocycles. The van der Waals surface area contributed by atoms with Crippen molar-refractivity contribution < 1.29 is 14.3 Å². The number of allylic oxidation sites excluding steroid dienone is 3. The van der Waals surface area contributed by atoms with Crippen LogP contribution in [0.1, 0.15) is 49.7 Å². The third-order valence-electron chi connectivity index (χ3n) is 6.24. The molecule has 4 nitrogen and oxygen atoms in total. The van der Waals surface area contributed by atoms with Crippen LogP contribution in [0.3, 0.4) is 0 Å². The van der Waals surface area contributed by atoms with Gasteiger partial charge in [0, 0.05) is 44.6 Å². The first-order chi connectivity index (χ1) is 16.4. The number of thioether (sulfide) groups is 1. The summed E-state index contributed by atoms with van der Waals surface area (Å²) >= 11 is 11.3. The second-order valence-corrected chi connectivity index (χ2v) is 11.2. The summed E-state index contributed by atoms with van der Waals surface area (Å²) in [6, 6.07) is 15.5. The lowest BCUT2D eigenvalue weighted by Gasteiger charge is -2.36. The van der Waals surface area contributed by atoms with E-state index >= 15 is 0 Å². The maximum atomic E-state index is 13.6. The first kappa shape index (κ1) is 25.1. The topological polar surface area (TPSA) is 55.4 Å². The fourth-order valence-corrected chi connectivity index (χ4v) is 5.75. The van der Waals surface area contributed by atoms with Gasteiger partial charge in [0.15, 0.2) is 5.78 Å². The maximum absolute atomic E-state index is 13.6. The molecule has 0 aromatic heterocycles. The lowest BCUT2D eigenvalue weighted by Crippen LogP contribution is -2.36. The zero-order chi connectivity index (χ0) is 24.2. The molecular weight excluding hydrogens is 534 g/mol. The van der Waals surface area contributed by atoms with Crippen molar-refractivity contribution in [3.63, 3.8) is 0 Å². The number of rotatable bonds is 7. The molecule has 0 unspecified atom stereocenters. The van der Waals surface area contributed by atoms with Gasteiger partial charge in [0.1, 0.15) is 6.61 Å². The van der Waals surface area contributed by atoms with E-state index in [1.165, 1.54) is 0 Å². The maximum Gasteiger partial charge on any atom is 0.336 e. The summed E-state index contributed by atoms with van der Waals surface area (Å²) in [5.74, 6) is 1.01. The van der Waals surface area contributed by atoms with Gasteiger partial charge in [-0.05, 0) is 60.4 Å².